The minimum absolute atomic E-state index is 0.0987. The Bertz CT molecular complexity index is 499. The number of aliphatic hydroxyl groups excluding tert-OH is 1. The molecule has 0 aliphatic rings. The van der Waals surface area contributed by atoms with Crippen molar-refractivity contribution in [3.8, 4) is 0 Å². The predicted octanol–water partition coefficient (Wildman–Crippen LogP) is 3.19. The molecule has 4 heteroatoms. The first-order chi connectivity index (χ1) is 9.26. The predicted molar refractivity (Wildman–Crippen MR) is 71.1 cm³/mol. The second kappa shape index (κ2) is 6.50. The summed E-state index contributed by atoms with van der Waals surface area (Å²) in [6.07, 6.45) is 2.28. The molecule has 0 unspecified atom stereocenters. The van der Waals surface area contributed by atoms with Crippen LogP contribution in [-0.4, -0.2) is 11.7 Å². The molecule has 2 N–H and O–H groups in total. The first-order valence-corrected chi connectivity index (χ1v) is 6.41. The Labute approximate surface area is 112 Å². The number of benzene rings is 1. The van der Waals surface area contributed by atoms with Gasteiger partial charge in [0.2, 0.25) is 0 Å². The summed E-state index contributed by atoms with van der Waals surface area (Å²) in [5, 5.41) is 12.7. The molecule has 0 saturated heterocycles. The van der Waals surface area contributed by atoms with Crippen LogP contribution in [0.3, 0.4) is 0 Å². The zero-order valence-corrected chi connectivity index (χ0v) is 10.8. The third-order valence-electron chi connectivity index (χ3n) is 3.16. The Balaban J connectivity index is 2.17. The quantitative estimate of drug-likeness (QED) is 0.841. The summed E-state index contributed by atoms with van der Waals surface area (Å²) < 4.78 is 19.1. The molecule has 2 rings (SSSR count). The smallest absolute Gasteiger partial charge is 0.127 e. The van der Waals surface area contributed by atoms with Gasteiger partial charge in [-0.25, -0.2) is 4.39 Å². The van der Waals surface area contributed by atoms with Gasteiger partial charge in [-0.15, -0.1) is 0 Å². The second-order valence-corrected chi connectivity index (χ2v) is 4.40. The molecule has 1 aromatic carbocycles. The fraction of sp³-hybridized carbons (Fsp3) is 0.333. The van der Waals surface area contributed by atoms with Crippen LogP contribution in [0.4, 0.5) is 4.39 Å². The number of halogens is 1. The van der Waals surface area contributed by atoms with Gasteiger partial charge < -0.3 is 9.52 Å². The molecule has 0 saturated carbocycles. The van der Waals surface area contributed by atoms with Gasteiger partial charge in [0.15, 0.2) is 0 Å². The van der Waals surface area contributed by atoms with E-state index in [4.69, 9.17) is 4.42 Å². The van der Waals surface area contributed by atoms with Crippen LogP contribution < -0.4 is 5.32 Å². The first kappa shape index (κ1) is 13.8. The van der Waals surface area contributed by atoms with Crippen LogP contribution in [0.2, 0.25) is 0 Å². The maximum absolute atomic E-state index is 13.8. The van der Waals surface area contributed by atoms with Crippen molar-refractivity contribution in [3.63, 3.8) is 0 Å². The number of hydrogen-bond acceptors (Lipinski definition) is 3. The van der Waals surface area contributed by atoms with Crippen molar-refractivity contribution in [2.45, 2.75) is 25.4 Å². The molecule has 3 nitrogen and oxygen atoms in total. The van der Waals surface area contributed by atoms with E-state index in [1.54, 1.807) is 30.5 Å². The van der Waals surface area contributed by atoms with E-state index in [9.17, 15) is 9.50 Å². The van der Waals surface area contributed by atoms with E-state index < -0.39 is 0 Å². The van der Waals surface area contributed by atoms with E-state index in [1.807, 2.05) is 13.0 Å². The van der Waals surface area contributed by atoms with Gasteiger partial charge in [0.1, 0.15) is 11.6 Å². The highest BCUT2D eigenvalue weighted by molar-refractivity contribution is 5.21. The fourth-order valence-electron chi connectivity index (χ4n) is 2.14. The molecule has 0 amide bonds. The molecule has 0 fully saturated rings. The van der Waals surface area contributed by atoms with Crippen molar-refractivity contribution in [2.75, 3.05) is 6.61 Å². The average molecular weight is 263 g/mol. The van der Waals surface area contributed by atoms with Crippen molar-refractivity contribution < 1.29 is 13.9 Å². The highest BCUT2D eigenvalue weighted by Crippen LogP contribution is 2.24. The van der Waals surface area contributed by atoms with Gasteiger partial charge in [0, 0.05) is 11.6 Å². The minimum Gasteiger partial charge on any atom is -0.468 e. The number of furan rings is 1. The molecule has 0 aliphatic carbocycles. The third kappa shape index (κ3) is 3.22. The molecule has 102 valence electrons. The third-order valence-corrected chi connectivity index (χ3v) is 3.16. The molecular weight excluding hydrogens is 245 g/mol. The van der Waals surface area contributed by atoms with Gasteiger partial charge in [-0.1, -0.05) is 25.1 Å². The Morgan fingerprint density at radius 2 is 2.00 bits per heavy atom. The van der Waals surface area contributed by atoms with E-state index in [0.717, 1.165) is 6.42 Å². The molecule has 0 radical (unpaired) electrons. The summed E-state index contributed by atoms with van der Waals surface area (Å²) in [6.45, 7) is 1.87. The van der Waals surface area contributed by atoms with Gasteiger partial charge >= 0.3 is 0 Å². The normalized spacial score (nSPS) is 14.3. The van der Waals surface area contributed by atoms with E-state index >= 15 is 0 Å². The van der Waals surface area contributed by atoms with Crippen LogP contribution in [0.5, 0.6) is 0 Å². The lowest BCUT2D eigenvalue weighted by Crippen LogP contribution is -2.28. The van der Waals surface area contributed by atoms with Gasteiger partial charge in [0.05, 0.1) is 18.9 Å². The Hall–Kier alpha value is -1.65. The maximum atomic E-state index is 13.8. The lowest BCUT2D eigenvalue weighted by Gasteiger charge is -2.23. The largest absolute Gasteiger partial charge is 0.468 e. The van der Waals surface area contributed by atoms with Crippen molar-refractivity contribution in [1.29, 1.82) is 0 Å². The summed E-state index contributed by atoms with van der Waals surface area (Å²) in [6, 6.07) is 9.74. The molecule has 1 aromatic heterocycles. The molecule has 0 aliphatic heterocycles. The summed E-state index contributed by atoms with van der Waals surface area (Å²) >= 11 is 0. The SMILES string of the molecule is CC[C@H](N[C@@H](CO)c1ccco1)c1ccccc1F. The van der Waals surface area contributed by atoms with E-state index in [0.29, 0.717) is 11.3 Å². The van der Waals surface area contributed by atoms with Crippen molar-refractivity contribution in [2.24, 2.45) is 0 Å². The zero-order chi connectivity index (χ0) is 13.7. The number of nitrogens with one attached hydrogen (secondary N) is 1. The lowest BCUT2D eigenvalue weighted by molar-refractivity contribution is 0.213. The van der Waals surface area contributed by atoms with Crippen molar-refractivity contribution in [3.05, 3.63) is 59.8 Å². The molecule has 1 heterocycles. The van der Waals surface area contributed by atoms with Crippen LogP contribution >= 0.6 is 0 Å². The zero-order valence-electron chi connectivity index (χ0n) is 10.8. The molecule has 0 spiro atoms. The first-order valence-electron chi connectivity index (χ1n) is 6.41. The summed E-state index contributed by atoms with van der Waals surface area (Å²) in [5.41, 5.74) is 0.606. The molecular formula is C15H18FNO2. The van der Waals surface area contributed by atoms with Gasteiger partial charge in [-0.2, -0.15) is 0 Å². The van der Waals surface area contributed by atoms with E-state index in [2.05, 4.69) is 5.32 Å². The van der Waals surface area contributed by atoms with Crippen LogP contribution in [0, 0.1) is 5.82 Å². The molecule has 2 aromatic rings. The Morgan fingerprint density at radius 1 is 1.21 bits per heavy atom. The van der Waals surface area contributed by atoms with Crippen molar-refractivity contribution >= 4 is 0 Å². The minimum atomic E-state index is -0.334. The standard InChI is InChI=1S/C15H18FNO2/c1-2-13(11-6-3-4-7-12(11)16)17-14(10-18)15-8-5-9-19-15/h3-9,13-14,17-18H,2,10H2,1H3/t13-,14-/m0/s1. The fourth-order valence-corrected chi connectivity index (χ4v) is 2.14. The Kier molecular flexibility index (Phi) is 4.71. The van der Waals surface area contributed by atoms with E-state index in [1.165, 1.54) is 6.07 Å². The molecule has 19 heavy (non-hydrogen) atoms. The number of aliphatic hydroxyl groups is 1. The van der Waals surface area contributed by atoms with Crippen LogP contribution in [0.15, 0.2) is 47.1 Å². The van der Waals surface area contributed by atoms with Gasteiger partial charge in [-0.05, 0) is 24.6 Å². The van der Waals surface area contributed by atoms with Crippen molar-refractivity contribution in [1.82, 2.24) is 5.32 Å². The summed E-state index contributed by atoms with van der Waals surface area (Å²) in [7, 11) is 0. The molecule has 2 atom stereocenters. The molecule has 0 bridgehead atoms. The van der Waals surface area contributed by atoms with E-state index in [-0.39, 0.29) is 24.5 Å². The average Bonchev–Trinajstić information content (AvgIpc) is 2.95. The Morgan fingerprint density at radius 3 is 2.58 bits per heavy atom. The summed E-state index contributed by atoms with van der Waals surface area (Å²) in [5.74, 6) is 0.412. The highest BCUT2D eigenvalue weighted by atomic mass is 19.1. The van der Waals surface area contributed by atoms with Gasteiger partial charge in [0.25, 0.3) is 0 Å². The van der Waals surface area contributed by atoms with Crippen LogP contribution in [0.25, 0.3) is 0 Å². The van der Waals surface area contributed by atoms with Crippen LogP contribution in [0.1, 0.15) is 36.8 Å². The summed E-state index contributed by atoms with van der Waals surface area (Å²) in [4.78, 5) is 0. The lowest BCUT2D eigenvalue weighted by atomic mass is 10.0. The van der Waals surface area contributed by atoms with Gasteiger partial charge in [-0.3, -0.25) is 5.32 Å². The second-order valence-electron chi connectivity index (χ2n) is 4.40. The highest BCUT2D eigenvalue weighted by Gasteiger charge is 2.20. The van der Waals surface area contributed by atoms with Crippen LogP contribution in [-0.2, 0) is 0 Å². The maximum Gasteiger partial charge on any atom is 0.127 e. The topological polar surface area (TPSA) is 45.4 Å². The number of rotatable bonds is 6. The monoisotopic (exact) mass is 263 g/mol. The number of hydrogen-bond donors (Lipinski definition) is 2.